The Morgan fingerprint density at radius 1 is 1.39 bits per heavy atom. The van der Waals surface area contributed by atoms with Gasteiger partial charge in [-0.2, -0.15) is 18.0 Å². The van der Waals surface area contributed by atoms with Gasteiger partial charge in [-0.25, -0.2) is 13.8 Å². The van der Waals surface area contributed by atoms with Crippen LogP contribution in [0.4, 0.5) is 27.8 Å². The molecule has 0 spiro atoms. The molecule has 11 heteroatoms. The van der Waals surface area contributed by atoms with Crippen LogP contribution in [0.3, 0.4) is 0 Å². The van der Waals surface area contributed by atoms with E-state index in [0.717, 1.165) is 6.20 Å². The third-order valence-corrected chi connectivity index (χ3v) is 2.89. The van der Waals surface area contributed by atoms with Crippen LogP contribution in [0, 0.1) is 12.0 Å². The van der Waals surface area contributed by atoms with Gasteiger partial charge in [-0.1, -0.05) is 0 Å². The lowest BCUT2D eigenvalue weighted by molar-refractivity contribution is -0.165. The van der Waals surface area contributed by atoms with Crippen molar-refractivity contribution in [3.8, 4) is 6.07 Å². The first kappa shape index (κ1) is 17.2. The minimum Gasteiger partial charge on any atom is -0.384 e. The number of hydrogen-bond acceptors (Lipinski definition) is 5. The van der Waals surface area contributed by atoms with Gasteiger partial charge in [-0.05, 0) is 4.98 Å². The van der Waals surface area contributed by atoms with Crippen molar-refractivity contribution in [2.45, 2.75) is 24.8 Å². The summed E-state index contributed by atoms with van der Waals surface area (Å²) in [5.74, 6) is -2.90. The Morgan fingerprint density at radius 3 is 2.70 bits per heavy atom. The topological polar surface area (TPSA) is 76.7 Å². The van der Waals surface area contributed by atoms with Gasteiger partial charge < -0.3 is 9.84 Å². The maximum atomic E-state index is 12.5. The molecule has 0 radical (unpaired) electrons. The fourth-order valence-corrected chi connectivity index (χ4v) is 1.75. The fraction of sp³-hybridized carbons (Fsp3) is 0.500. The number of alkyl halides is 5. The van der Waals surface area contributed by atoms with Crippen molar-refractivity contribution >= 4 is 11.6 Å². The lowest BCUT2D eigenvalue weighted by Crippen LogP contribution is -2.49. The van der Waals surface area contributed by atoms with E-state index in [0.29, 0.717) is 6.20 Å². The Bertz CT molecular complexity index is 655. The van der Waals surface area contributed by atoms with Gasteiger partial charge in [-0.15, -0.1) is 0 Å². The molecule has 0 bridgehead atoms. The van der Waals surface area contributed by atoms with Gasteiger partial charge in [0.05, 0.1) is 12.8 Å². The number of halogens is 5. The molecule has 1 saturated heterocycles. The first-order valence-corrected chi connectivity index (χ1v) is 6.17. The van der Waals surface area contributed by atoms with Crippen LogP contribution in [-0.2, 0) is 15.7 Å². The number of ether oxygens (including phenoxy) is 1. The number of carbonyl (C=O) groups excluding carboxylic acids is 1. The number of aliphatic hydroxyl groups excluding tert-OH is 1. The van der Waals surface area contributed by atoms with Crippen molar-refractivity contribution in [1.29, 1.82) is 0 Å². The summed E-state index contributed by atoms with van der Waals surface area (Å²) in [6, 6.07) is 2.17. The molecule has 124 valence electrons. The van der Waals surface area contributed by atoms with Crippen molar-refractivity contribution in [3.05, 3.63) is 22.9 Å². The Balaban J connectivity index is 2.15. The number of nitrogens with zero attached hydrogens (tertiary/aromatic N) is 3. The molecule has 23 heavy (non-hydrogen) atoms. The molecule has 0 aliphatic carbocycles. The third-order valence-electron chi connectivity index (χ3n) is 2.89. The number of carbonyl (C=O) groups is 1. The smallest absolute Gasteiger partial charge is 0.384 e. The first-order valence-electron chi connectivity index (χ1n) is 6.17. The minimum absolute atomic E-state index is 0.463. The normalized spacial score (nSPS) is 25.2. The number of Topliss-reactive ketones (excluding diaryl/α,β-unsaturated/α-hetero) is 1. The average molecular weight is 338 g/mol. The van der Waals surface area contributed by atoms with Gasteiger partial charge in [0.1, 0.15) is 18.2 Å². The predicted molar refractivity (Wildman–Crippen MR) is 64.2 cm³/mol. The molecule has 1 N–H and O–H groups in total. The molecule has 1 aromatic heterocycles. The highest BCUT2D eigenvalue weighted by Crippen LogP contribution is 2.28. The van der Waals surface area contributed by atoms with Gasteiger partial charge in [0, 0.05) is 0 Å². The van der Waals surface area contributed by atoms with Crippen LogP contribution in [0.1, 0.15) is 5.69 Å². The Kier molecular flexibility index (Phi) is 4.86. The fourth-order valence-electron chi connectivity index (χ4n) is 1.75. The third kappa shape index (κ3) is 3.96. The van der Waals surface area contributed by atoms with Crippen molar-refractivity contribution in [1.82, 2.24) is 9.97 Å². The van der Waals surface area contributed by atoms with Gasteiger partial charge >= 0.3 is 12.0 Å². The molecule has 1 unspecified atom stereocenters. The van der Waals surface area contributed by atoms with E-state index in [9.17, 15) is 31.9 Å². The maximum Gasteiger partial charge on any atom is 0.459 e. The largest absolute Gasteiger partial charge is 0.459 e. The van der Waals surface area contributed by atoms with Crippen molar-refractivity contribution in [2.24, 2.45) is 5.92 Å². The van der Waals surface area contributed by atoms with Crippen LogP contribution in [-0.4, -0.2) is 46.1 Å². The molecule has 1 aromatic rings. The van der Waals surface area contributed by atoms with E-state index < -0.39 is 54.6 Å². The average Bonchev–Trinajstić information content (AvgIpc) is 2.48. The highest BCUT2D eigenvalue weighted by Gasteiger charge is 2.43. The van der Waals surface area contributed by atoms with Gasteiger partial charge in [0.15, 0.2) is 18.0 Å². The lowest BCUT2D eigenvalue weighted by Gasteiger charge is -2.27. The number of aliphatic hydroxyl groups is 1. The van der Waals surface area contributed by atoms with E-state index in [4.69, 9.17) is 0 Å². The molecule has 0 aromatic carbocycles. The van der Waals surface area contributed by atoms with Gasteiger partial charge in [0.2, 0.25) is 0 Å². The number of hydrogen-bond donors (Lipinski definition) is 1. The zero-order chi connectivity index (χ0) is 17.2. The Morgan fingerprint density at radius 2 is 2.09 bits per heavy atom. The van der Waals surface area contributed by atoms with Crippen LogP contribution in [0.25, 0.3) is 4.85 Å². The second-order valence-electron chi connectivity index (χ2n) is 4.54. The van der Waals surface area contributed by atoms with Crippen molar-refractivity contribution in [2.75, 3.05) is 6.61 Å². The van der Waals surface area contributed by atoms with Crippen LogP contribution in [0.15, 0.2) is 12.4 Å². The van der Waals surface area contributed by atoms with Crippen molar-refractivity contribution < 1.29 is 36.6 Å². The Hall–Kier alpha value is -2.19. The summed E-state index contributed by atoms with van der Waals surface area (Å²) < 4.78 is 66.9. The monoisotopic (exact) mass is 338 g/mol. The molecule has 6 nitrogen and oxygen atoms in total. The second-order valence-corrected chi connectivity index (χ2v) is 4.54. The standard InChI is InChI=1S/C12H9F5N3O3/c13-11(14)10-9(22)8(21)5(4-23-10)1-19-7-3-18-2-6(20-7)12(15,16)17/h2-3,5,8,10-11,21H,4H2/q+1/t5?,8-,10+/m1/s1. The molecule has 1 aliphatic rings. The molecule has 0 saturated carbocycles. The number of rotatable bonds is 1. The van der Waals surface area contributed by atoms with E-state index in [1.807, 2.05) is 0 Å². The first-order chi connectivity index (χ1) is 10.7. The van der Waals surface area contributed by atoms with Gasteiger partial charge in [0.25, 0.3) is 12.1 Å². The van der Waals surface area contributed by atoms with Crippen LogP contribution < -0.4 is 0 Å². The van der Waals surface area contributed by atoms with E-state index in [1.54, 1.807) is 0 Å². The zero-order valence-corrected chi connectivity index (χ0v) is 11.2. The van der Waals surface area contributed by atoms with Crippen molar-refractivity contribution in [3.63, 3.8) is 0 Å². The van der Waals surface area contributed by atoms with Crippen LogP contribution in [0.2, 0.25) is 0 Å². The predicted octanol–water partition coefficient (Wildman–Crippen LogP) is 1.67. The highest BCUT2D eigenvalue weighted by molar-refractivity contribution is 5.88. The maximum absolute atomic E-state index is 12.5. The zero-order valence-electron chi connectivity index (χ0n) is 11.2. The molecule has 2 heterocycles. The summed E-state index contributed by atoms with van der Waals surface area (Å²) in [4.78, 5) is 21.4. The number of ketones is 1. The summed E-state index contributed by atoms with van der Waals surface area (Å²) >= 11 is 0. The molecule has 1 fully saturated rings. The van der Waals surface area contributed by atoms with E-state index >= 15 is 0 Å². The molecule has 3 atom stereocenters. The van der Waals surface area contributed by atoms with Gasteiger partial charge in [-0.3, -0.25) is 4.79 Å². The van der Waals surface area contributed by atoms with E-state index in [2.05, 4.69) is 25.6 Å². The van der Waals surface area contributed by atoms with E-state index in [-0.39, 0.29) is 0 Å². The summed E-state index contributed by atoms with van der Waals surface area (Å²) in [6.07, 6.45) is -10.3. The quantitative estimate of drug-likeness (QED) is 0.789. The molecule has 0 amide bonds. The summed E-state index contributed by atoms with van der Waals surface area (Å²) in [5.41, 5.74) is -1.28. The summed E-state index contributed by atoms with van der Waals surface area (Å²) in [7, 11) is 0. The highest BCUT2D eigenvalue weighted by atomic mass is 19.4. The molecular formula is C12H9F5N3O3+. The van der Waals surface area contributed by atoms with Crippen LogP contribution in [0.5, 0.6) is 0 Å². The minimum atomic E-state index is -4.72. The second kappa shape index (κ2) is 6.51. The molecule has 1 aliphatic heterocycles. The summed E-state index contributed by atoms with van der Waals surface area (Å²) in [6.45, 7) is -0.488. The summed E-state index contributed by atoms with van der Waals surface area (Å²) in [5, 5.41) is 9.62. The lowest BCUT2D eigenvalue weighted by atomic mass is 9.95. The van der Waals surface area contributed by atoms with E-state index in [1.165, 1.54) is 0 Å². The molecular weight excluding hydrogens is 329 g/mol. The number of aromatic nitrogens is 2. The molecule has 2 rings (SSSR count). The Labute approximate surface area is 125 Å². The SMILES string of the molecule is O=C1[C@H](O)C(C#[N+]c2cncc(C(F)(F)F)n2)CO[C@@H]1C(F)F. The van der Waals surface area contributed by atoms with Crippen LogP contribution >= 0.6 is 0 Å².